The zero-order valence-corrected chi connectivity index (χ0v) is 14.5. The van der Waals surface area contributed by atoms with E-state index in [2.05, 4.69) is 38.4 Å². The van der Waals surface area contributed by atoms with Gasteiger partial charge in [0, 0.05) is 31.6 Å². The summed E-state index contributed by atoms with van der Waals surface area (Å²) in [7, 11) is 1.71. The Kier molecular flexibility index (Phi) is 4.44. The summed E-state index contributed by atoms with van der Waals surface area (Å²) in [6, 6.07) is 8.44. The number of aromatic nitrogens is 2. The fourth-order valence-electron chi connectivity index (χ4n) is 3.30. The molecule has 4 rings (SSSR count). The second kappa shape index (κ2) is 6.88. The van der Waals surface area contributed by atoms with Gasteiger partial charge in [-0.05, 0) is 42.5 Å². The largest absolute Gasteiger partial charge is 0.497 e. The molecule has 1 aliphatic carbocycles. The third-order valence-electron chi connectivity index (χ3n) is 4.87. The maximum absolute atomic E-state index is 9.05. The van der Waals surface area contributed by atoms with Crippen LogP contribution in [-0.2, 0) is 13.0 Å². The molecule has 2 heterocycles. The number of nitrogens with one attached hydrogen (secondary N) is 1. The molecule has 6 nitrogen and oxygen atoms in total. The lowest BCUT2D eigenvalue weighted by molar-refractivity contribution is 0.311. The second-order valence-corrected chi connectivity index (χ2v) is 6.71. The van der Waals surface area contributed by atoms with Crippen LogP contribution in [-0.4, -0.2) is 41.9 Å². The molecule has 1 fully saturated rings. The molecule has 1 aromatic carbocycles. The number of rotatable bonds is 6. The molecule has 2 aromatic rings. The molecule has 132 valence electrons. The molecule has 0 radical (unpaired) electrons. The highest BCUT2D eigenvalue weighted by Gasteiger charge is 2.27. The third kappa shape index (κ3) is 3.54. The minimum absolute atomic E-state index is 0.0747. The molecule has 0 bridgehead atoms. The fourth-order valence-corrected chi connectivity index (χ4v) is 3.30. The zero-order valence-electron chi connectivity index (χ0n) is 14.5. The number of methoxy groups -OCH3 is 1. The maximum atomic E-state index is 9.05. The highest BCUT2D eigenvalue weighted by atomic mass is 16.5. The van der Waals surface area contributed by atoms with E-state index in [0.717, 1.165) is 36.8 Å². The van der Waals surface area contributed by atoms with E-state index in [1.165, 1.54) is 24.0 Å². The predicted octanol–water partition coefficient (Wildman–Crippen LogP) is 2.33. The topological polar surface area (TPSA) is 70.5 Å². The van der Waals surface area contributed by atoms with Crippen LogP contribution in [0.25, 0.3) is 0 Å². The Morgan fingerprint density at radius 1 is 1.24 bits per heavy atom. The fraction of sp³-hybridized carbons (Fsp3) is 0.474. The summed E-state index contributed by atoms with van der Waals surface area (Å²) in [6.45, 7) is 2.32. The summed E-state index contributed by atoms with van der Waals surface area (Å²) < 4.78 is 5.33. The van der Waals surface area contributed by atoms with Gasteiger partial charge in [0.25, 0.3) is 0 Å². The molecule has 0 atom stereocenters. The number of aliphatic hydroxyl groups is 1. The van der Waals surface area contributed by atoms with Crippen molar-refractivity contribution in [3.05, 3.63) is 41.1 Å². The number of anilines is 2. The Morgan fingerprint density at radius 3 is 2.88 bits per heavy atom. The van der Waals surface area contributed by atoms with Crippen molar-refractivity contribution in [3.63, 3.8) is 0 Å². The van der Waals surface area contributed by atoms with Crippen molar-refractivity contribution >= 4 is 11.8 Å². The minimum atomic E-state index is 0.0747. The SMILES string of the molecule is COc1ccc2c(c1)CCN(c1cc(C3CC3)nc(NCCO)n1)C2. The number of hydrogen-bond donors (Lipinski definition) is 2. The van der Waals surface area contributed by atoms with Gasteiger partial charge < -0.3 is 20.1 Å². The van der Waals surface area contributed by atoms with Crippen molar-refractivity contribution in [3.8, 4) is 5.75 Å². The lowest BCUT2D eigenvalue weighted by atomic mass is 9.99. The molecule has 25 heavy (non-hydrogen) atoms. The van der Waals surface area contributed by atoms with Gasteiger partial charge in [0.2, 0.25) is 5.95 Å². The number of benzene rings is 1. The second-order valence-electron chi connectivity index (χ2n) is 6.71. The Labute approximate surface area is 147 Å². The van der Waals surface area contributed by atoms with Gasteiger partial charge in [0.05, 0.1) is 19.4 Å². The van der Waals surface area contributed by atoms with Crippen molar-refractivity contribution in [2.45, 2.75) is 31.7 Å². The third-order valence-corrected chi connectivity index (χ3v) is 4.87. The van der Waals surface area contributed by atoms with Gasteiger partial charge in [0.1, 0.15) is 11.6 Å². The average Bonchev–Trinajstić information content (AvgIpc) is 3.50. The zero-order chi connectivity index (χ0) is 17.2. The van der Waals surface area contributed by atoms with Crippen LogP contribution in [0.2, 0.25) is 0 Å². The molecule has 6 heteroatoms. The van der Waals surface area contributed by atoms with Crippen LogP contribution < -0.4 is 15.0 Å². The summed E-state index contributed by atoms with van der Waals surface area (Å²) in [6.07, 6.45) is 3.39. The van der Waals surface area contributed by atoms with Crippen molar-refractivity contribution in [1.82, 2.24) is 9.97 Å². The Balaban J connectivity index is 1.59. The molecule has 1 saturated carbocycles. The summed E-state index contributed by atoms with van der Waals surface area (Å²) in [5.41, 5.74) is 3.79. The van der Waals surface area contributed by atoms with Gasteiger partial charge in [-0.1, -0.05) is 6.07 Å². The van der Waals surface area contributed by atoms with E-state index in [0.29, 0.717) is 18.4 Å². The van der Waals surface area contributed by atoms with Crippen LogP contribution in [0, 0.1) is 0 Å². The van der Waals surface area contributed by atoms with Crippen molar-refractivity contribution in [1.29, 1.82) is 0 Å². The average molecular weight is 340 g/mol. The van der Waals surface area contributed by atoms with E-state index in [1.54, 1.807) is 7.11 Å². The lowest BCUT2D eigenvalue weighted by Crippen LogP contribution is -2.31. The molecule has 2 aliphatic rings. The summed E-state index contributed by atoms with van der Waals surface area (Å²) in [4.78, 5) is 11.6. The number of fused-ring (bicyclic) bond motifs is 1. The molecular formula is C19H24N4O2. The summed E-state index contributed by atoms with van der Waals surface area (Å²) in [5, 5.41) is 12.2. The van der Waals surface area contributed by atoms with Gasteiger partial charge in [-0.25, -0.2) is 4.98 Å². The molecule has 0 spiro atoms. The van der Waals surface area contributed by atoms with E-state index in [9.17, 15) is 0 Å². The van der Waals surface area contributed by atoms with E-state index in [4.69, 9.17) is 9.84 Å². The molecular weight excluding hydrogens is 316 g/mol. The maximum Gasteiger partial charge on any atom is 0.224 e. The van der Waals surface area contributed by atoms with E-state index in [-0.39, 0.29) is 6.61 Å². The Bertz CT molecular complexity index is 761. The monoisotopic (exact) mass is 340 g/mol. The molecule has 0 saturated heterocycles. The first-order valence-electron chi connectivity index (χ1n) is 8.91. The Morgan fingerprint density at radius 2 is 2.12 bits per heavy atom. The standard InChI is InChI=1S/C19H24N4O2/c1-25-16-5-4-15-12-23(8-6-14(15)10-16)18-11-17(13-2-3-13)21-19(22-18)20-7-9-24/h4-5,10-11,13,24H,2-3,6-9,12H2,1H3,(H,20,21,22). The van der Waals surface area contributed by atoms with Crippen LogP contribution in [0.1, 0.15) is 35.6 Å². The van der Waals surface area contributed by atoms with Crippen LogP contribution in [0.3, 0.4) is 0 Å². The van der Waals surface area contributed by atoms with Crippen molar-refractivity contribution in [2.24, 2.45) is 0 Å². The quantitative estimate of drug-likeness (QED) is 0.841. The van der Waals surface area contributed by atoms with E-state index in [1.807, 2.05) is 6.07 Å². The molecule has 0 unspecified atom stereocenters. The molecule has 2 N–H and O–H groups in total. The van der Waals surface area contributed by atoms with Gasteiger partial charge in [-0.3, -0.25) is 0 Å². The normalized spacial score (nSPS) is 16.5. The van der Waals surface area contributed by atoms with Crippen molar-refractivity contribution in [2.75, 3.05) is 37.0 Å². The smallest absolute Gasteiger partial charge is 0.224 e. The highest BCUT2D eigenvalue weighted by molar-refractivity contribution is 5.50. The summed E-state index contributed by atoms with van der Waals surface area (Å²) in [5.74, 6) is 3.08. The predicted molar refractivity (Wildman–Crippen MR) is 97.3 cm³/mol. The van der Waals surface area contributed by atoms with Crippen LogP contribution in [0.5, 0.6) is 5.75 Å². The van der Waals surface area contributed by atoms with E-state index >= 15 is 0 Å². The van der Waals surface area contributed by atoms with E-state index < -0.39 is 0 Å². The first-order valence-corrected chi connectivity index (χ1v) is 8.91. The number of hydrogen-bond acceptors (Lipinski definition) is 6. The first kappa shape index (κ1) is 16.1. The Hall–Kier alpha value is -2.34. The number of aliphatic hydroxyl groups excluding tert-OH is 1. The summed E-state index contributed by atoms with van der Waals surface area (Å²) >= 11 is 0. The minimum Gasteiger partial charge on any atom is -0.497 e. The number of nitrogens with zero attached hydrogens (tertiary/aromatic N) is 3. The van der Waals surface area contributed by atoms with Gasteiger partial charge in [-0.2, -0.15) is 4.98 Å². The van der Waals surface area contributed by atoms with Crippen LogP contribution >= 0.6 is 0 Å². The van der Waals surface area contributed by atoms with Crippen molar-refractivity contribution < 1.29 is 9.84 Å². The highest BCUT2D eigenvalue weighted by Crippen LogP contribution is 2.40. The van der Waals surface area contributed by atoms with Crippen LogP contribution in [0.4, 0.5) is 11.8 Å². The lowest BCUT2D eigenvalue weighted by Gasteiger charge is -2.30. The van der Waals surface area contributed by atoms with Gasteiger partial charge in [0.15, 0.2) is 0 Å². The number of ether oxygens (including phenoxy) is 1. The van der Waals surface area contributed by atoms with Gasteiger partial charge >= 0.3 is 0 Å². The van der Waals surface area contributed by atoms with Gasteiger partial charge in [-0.15, -0.1) is 0 Å². The first-order chi connectivity index (χ1) is 12.3. The van der Waals surface area contributed by atoms with Crippen LogP contribution in [0.15, 0.2) is 24.3 Å². The molecule has 1 aromatic heterocycles. The molecule has 0 amide bonds. The molecule has 1 aliphatic heterocycles.